The summed E-state index contributed by atoms with van der Waals surface area (Å²) in [6.45, 7) is 0. The summed E-state index contributed by atoms with van der Waals surface area (Å²) < 4.78 is 5.78. The lowest BCUT2D eigenvalue weighted by Gasteiger charge is -2.09. The van der Waals surface area contributed by atoms with E-state index >= 15 is 0 Å². The van der Waals surface area contributed by atoms with E-state index in [1.54, 1.807) is 18.2 Å². The summed E-state index contributed by atoms with van der Waals surface area (Å²) in [6, 6.07) is 14.8. The molecule has 3 nitrogen and oxygen atoms in total. The van der Waals surface area contributed by atoms with Gasteiger partial charge in [0.05, 0.1) is 0 Å². The van der Waals surface area contributed by atoms with E-state index in [9.17, 15) is 0 Å². The number of aliphatic imine (C=N–C) groups is 1. The van der Waals surface area contributed by atoms with Crippen molar-refractivity contribution < 1.29 is 4.74 Å². The highest BCUT2D eigenvalue weighted by Crippen LogP contribution is 2.34. The molecular weight excluding hydrogens is 280 g/mol. The lowest BCUT2D eigenvalue weighted by atomic mass is 10.3. The van der Waals surface area contributed by atoms with Crippen molar-refractivity contribution in [3.63, 3.8) is 0 Å². The van der Waals surface area contributed by atoms with Crippen LogP contribution in [0.5, 0.6) is 11.5 Å². The molecular formula is C14H13ClN2OS. The first kappa shape index (κ1) is 13.8. The van der Waals surface area contributed by atoms with Crippen molar-refractivity contribution in [2.45, 2.75) is 0 Å². The summed E-state index contributed by atoms with van der Waals surface area (Å²) in [5.41, 5.74) is 6.35. The Morgan fingerprint density at radius 2 is 1.95 bits per heavy atom. The molecule has 0 heterocycles. The normalized spacial score (nSPS) is 11.4. The van der Waals surface area contributed by atoms with E-state index < -0.39 is 0 Å². The molecule has 2 rings (SSSR count). The van der Waals surface area contributed by atoms with E-state index in [0.717, 1.165) is 5.75 Å². The van der Waals surface area contributed by atoms with Crippen molar-refractivity contribution in [2.75, 3.05) is 6.26 Å². The molecule has 0 unspecified atom stereocenters. The molecule has 0 radical (unpaired) electrons. The van der Waals surface area contributed by atoms with Crippen molar-refractivity contribution >= 4 is 34.2 Å². The Morgan fingerprint density at radius 3 is 2.63 bits per heavy atom. The average Bonchev–Trinajstić information content (AvgIpc) is 2.43. The Labute approximate surface area is 121 Å². The summed E-state index contributed by atoms with van der Waals surface area (Å²) in [4.78, 5) is 4.28. The predicted molar refractivity (Wildman–Crippen MR) is 82.8 cm³/mol. The molecule has 0 fully saturated rings. The molecule has 0 aliphatic heterocycles. The largest absolute Gasteiger partial charge is 0.455 e. The Bertz CT molecular complexity index is 587. The number of hydrogen-bond donors (Lipinski definition) is 1. The minimum absolute atomic E-state index is 0.458. The number of hydrogen-bond acceptors (Lipinski definition) is 3. The van der Waals surface area contributed by atoms with Crippen LogP contribution < -0.4 is 10.5 Å². The Balaban J connectivity index is 2.35. The first-order chi connectivity index (χ1) is 9.19. The molecule has 98 valence electrons. The quantitative estimate of drug-likeness (QED) is 0.672. The summed E-state index contributed by atoms with van der Waals surface area (Å²) in [5.74, 6) is 1.36. The number of halogens is 1. The van der Waals surface area contributed by atoms with E-state index in [-0.39, 0.29) is 0 Å². The second kappa shape index (κ2) is 6.50. The van der Waals surface area contributed by atoms with Gasteiger partial charge in [0, 0.05) is 5.02 Å². The monoisotopic (exact) mass is 292 g/mol. The predicted octanol–water partition coefficient (Wildman–Crippen LogP) is 4.44. The van der Waals surface area contributed by atoms with Gasteiger partial charge in [-0.2, -0.15) is 0 Å². The molecule has 19 heavy (non-hydrogen) atoms. The Morgan fingerprint density at radius 1 is 1.21 bits per heavy atom. The van der Waals surface area contributed by atoms with Gasteiger partial charge < -0.3 is 10.5 Å². The summed E-state index contributed by atoms with van der Waals surface area (Å²) in [5, 5.41) is 1.05. The van der Waals surface area contributed by atoms with Crippen LogP contribution in [0.2, 0.25) is 5.02 Å². The molecule has 0 bridgehead atoms. The highest BCUT2D eigenvalue weighted by molar-refractivity contribution is 8.13. The Kier molecular flexibility index (Phi) is 4.71. The number of ether oxygens (including phenoxy) is 1. The topological polar surface area (TPSA) is 47.6 Å². The zero-order valence-corrected chi connectivity index (χ0v) is 11.9. The van der Waals surface area contributed by atoms with Gasteiger partial charge in [-0.15, -0.1) is 0 Å². The van der Waals surface area contributed by atoms with Crippen LogP contribution in [0.1, 0.15) is 0 Å². The summed E-state index contributed by atoms with van der Waals surface area (Å²) in [7, 11) is 0. The fourth-order valence-corrected chi connectivity index (χ4v) is 1.80. The maximum absolute atomic E-state index is 5.97. The number of rotatable bonds is 3. The maximum atomic E-state index is 5.97. The number of nitrogens with zero attached hydrogens (tertiary/aromatic N) is 1. The van der Waals surface area contributed by atoms with Gasteiger partial charge in [-0.1, -0.05) is 41.6 Å². The number of benzene rings is 2. The van der Waals surface area contributed by atoms with Gasteiger partial charge >= 0.3 is 0 Å². The molecule has 0 aliphatic rings. The van der Waals surface area contributed by atoms with Gasteiger partial charge in [0.15, 0.2) is 10.9 Å². The van der Waals surface area contributed by atoms with Crippen LogP contribution >= 0.6 is 23.4 Å². The number of para-hydroxylation sites is 1. The third kappa shape index (κ3) is 3.91. The van der Waals surface area contributed by atoms with Gasteiger partial charge in [0.1, 0.15) is 11.4 Å². The highest BCUT2D eigenvalue weighted by Gasteiger charge is 2.06. The van der Waals surface area contributed by atoms with Crippen LogP contribution in [0.3, 0.4) is 0 Å². The second-order valence-electron chi connectivity index (χ2n) is 3.68. The third-order valence-corrected chi connectivity index (χ3v) is 3.08. The molecule has 0 spiro atoms. The van der Waals surface area contributed by atoms with E-state index in [4.69, 9.17) is 22.1 Å². The number of amidine groups is 1. The smallest absolute Gasteiger partial charge is 0.159 e. The molecule has 2 N–H and O–H groups in total. The van der Waals surface area contributed by atoms with Gasteiger partial charge in [0.2, 0.25) is 0 Å². The standard InChI is InChI=1S/C14H13ClN2OS/c1-19-14(16)17-12-9-10(15)7-8-13(12)18-11-5-3-2-4-6-11/h2-9H,1H3,(H2,16,17). The molecule has 0 aromatic heterocycles. The van der Waals surface area contributed by atoms with Crippen LogP contribution in [-0.2, 0) is 0 Å². The summed E-state index contributed by atoms with van der Waals surface area (Å²) >= 11 is 7.34. The van der Waals surface area contributed by atoms with Crippen molar-refractivity contribution in [1.29, 1.82) is 0 Å². The molecule has 5 heteroatoms. The van der Waals surface area contributed by atoms with Crippen LogP contribution in [-0.4, -0.2) is 11.4 Å². The molecule has 0 saturated carbocycles. The second-order valence-corrected chi connectivity index (χ2v) is 4.94. The summed E-state index contributed by atoms with van der Waals surface area (Å²) in [6.07, 6.45) is 1.86. The van der Waals surface area contributed by atoms with Crippen LogP contribution in [0.4, 0.5) is 5.69 Å². The third-order valence-electron chi connectivity index (χ3n) is 2.33. The van der Waals surface area contributed by atoms with Gasteiger partial charge in [-0.3, -0.25) is 0 Å². The van der Waals surface area contributed by atoms with Crippen LogP contribution in [0.25, 0.3) is 0 Å². The zero-order valence-electron chi connectivity index (χ0n) is 10.3. The SMILES string of the molecule is CSC(N)=Nc1cc(Cl)ccc1Oc1ccccc1. The van der Waals surface area contributed by atoms with Crippen molar-refractivity contribution in [1.82, 2.24) is 0 Å². The maximum Gasteiger partial charge on any atom is 0.159 e. The number of nitrogens with two attached hydrogens (primary N) is 1. The molecule has 0 aliphatic carbocycles. The average molecular weight is 293 g/mol. The van der Waals surface area contributed by atoms with Crippen molar-refractivity contribution in [2.24, 2.45) is 10.7 Å². The van der Waals surface area contributed by atoms with Crippen molar-refractivity contribution in [3.05, 3.63) is 53.6 Å². The first-order valence-corrected chi connectivity index (χ1v) is 7.20. The van der Waals surface area contributed by atoms with E-state index in [1.807, 2.05) is 36.6 Å². The van der Waals surface area contributed by atoms with Gasteiger partial charge in [-0.25, -0.2) is 4.99 Å². The lowest BCUT2D eigenvalue weighted by Crippen LogP contribution is -2.04. The van der Waals surface area contributed by atoms with E-state index in [2.05, 4.69) is 4.99 Å². The fraction of sp³-hybridized carbons (Fsp3) is 0.0714. The number of thioether (sulfide) groups is 1. The van der Waals surface area contributed by atoms with Crippen LogP contribution in [0.15, 0.2) is 53.5 Å². The zero-order chi connectivity index (χ0) is 13.7. The highest BCUT2D eigenvalue weighted by atomic mass is 35.5. The van der Waals surface area contributed by atoms with Gasteiger partial charge in [0.25, 0.3) is 0 Å². The minimum atomic E-state index is 0.458. The first-order valence-electron chi connectivity index (χ1n) is 5.59. The van der Waals surface area contributed by atoms with E-state index in [1.165, 1.54) is 11.8 Å². The lowest BCUT2D eigenvalue weighted by molar-refractivity contribution is 0.484. The van der Waals surface area contributed by atoms with E-state index in [0.29, 0.717) is 21.6 Å². The van der Waals surface area contributed by atoms with Crippen molar-refractivity contribution in [3.8, 4) is 11.5 Å². The van der Waals surface area contributed by atoms with Crippen LogP contribution in [0, 0.1) is 0 Å². The molecule has 0 saturated heterocycles. The fourth-order valence-electron chi connectivity index (χ4n) is 1.44. The molecule has 0 amide bonds. The molecule has 0 atom stereocenters. The Hall–Kier alpha value is -1.65. The minimum Gasteiger partial charge on any atom is -0.455 e. The van der Waals surface area contributed by atoms with Gasteiger partial charge in [-0.05, 0) is 36.6 Å². The molecule has 2 aromatic rings. The molecule has 2 aromatic carbocycles.